The summed E-state index contributed by atoms with van der Waals surface area (Å²) in [6.45, 7) is 9.70. The summed E-state index contributed by atoms with van der Waals surface area (Å²) in [5.74, 6) is 1.25. The molecule has 0 amide bonds. The van der Waals surface area contributed by atoms with Crippen LogP contribution in [0, 0.1) is 34.6 Å². The summed E-state index contributed by atoms with van der Waals surface area (Å²) in [6, 6.07) is 0. The lowest BCUT2D eigenvalue weighted by molar-refractivity contribution is 0.489. The van der Waals surface area contributed by atoms with Gasteiger partial charge in [0, 0.05) is 18.7 Å². The van der Waals surface area contributed by atoms with Gasteiger partial charge in [0.1, 0.15) is 0 Å². The van der Waals surface area contributed by atoms with E-state index in [2.05, 4.69) is 22.1 Å². The van der Waals surface area contributed by atoms with Gasteiger partial charge >= 0.3 is 0 Å². The molecule has 0 fully saturated rings. The Labute approximate surface area is 93.4 Å². The lowest BCUT2D eigenvalue weighted by Gasteiger charge is -1.77. The molecule has 0 N–H and O–H groups in total. The monoisotopic (exact) mass is 225 g/mol. The molecule has 0 saturated carbocycles. The number of aryl methyl sites for hydroxylation is 5. The highest BCUT2D eigenvalue weighted by molar-refractivity contribution is 7.11. The summed E-state index contributed by atoms with van der Waals surface area (Å²) in [4.78, 5) is 5.56. The Balaban J connectivity index is 0.000000151. The Morgan fingerprint density at radius 3 is 1.60 bits per heavy atom. The average molecular weight is 225 g/mol. The molecule has 0 aliphatic heterocycles. The highest BCUT2D eigenvalue weighted by Gasteiger charge is 1.95. The van der Waals surface area contributed by atoms with Crippen molar-refractivity contribution < 1.29 is 4.42 Å². The van der Waals surface area contributed by atoms with Crippen LogP contribution in [0.2, 0.25) is 0 Å². The molecule has 4 nitrogen and oxygen atoms in total. The summed E-state index contributed by atoms with van der Waals surface area (Å²) in [6.07, 6.45) is 0. The molecule has 2 aromatic heterocycles. The Hall–Kier alpha value is -1.23. The van der Waals surface area contributed by atoms with E-state index in [4.69, 9.17) is 4.42 Å². The van der Waals surface area contributed by atoms with Gasteiger partial charge in [0.05, 0.1) is 10.7 Å². The molecule has 0 radical (unpaired) electrons. The molecule has 82 valence electrons. The van der Waals surface area contributed by atoms with Crippen molar-refractivity contribution in [3.8, 4) is 0 Å². The molecule has 5 heteroatoms. The molecular weight excluding hydrogens is 210 g/mol. The first-order chi connectivity index (χ1) is 6.99. The summed E-state index contributed by atoms with van der Waals surface area (Å²) >= 11 is 1.76. The van der Waals surface area contributed by atoms with Crippen LogP contribution in [-0.4, -0.2) is 15.2 Å². The summed E-state index contributed by atoms with van der Waals surface area (Å²) in [7, 11) is 0. The average Bonchev–Trinajstić information content (AvgIpc) is 2.61. The van der Waals surface area contributed by atoms with Crippen molar-refractivity contribution >= 4 is 11.3 Å². The van der Waals surface area contributed by atoms with E-state index in [9.17, 15) is 0 Å². The SMILES string of the molecule is Cc1nc(C)c(C)s1.Cc1nnc(C)o1. The minimum absolute atomic E-state index is 0.623. The normalized spacial score (nSPS) is 9.67. The van der Waals surface area contributed by atoms with E-state index in [1.807, 2.05) is 13.8 Å². The van der Waals surface area contributed by atoms with Crippen LogP contribution in [0.4, 0.5) is 0 Å². The Kier molecular flexibility index (Phi) is 3.96. The zero-order valence-electron chi connectivity index (χ0n) is 9.66. The van der Waals surface area contributed by atoms with Crippen molar-refractivity contribution in [1.29, 1.82) is 0 Å². The number of thiazole rings is 1. The summed E-state index contributed by atoms with van der Waals surface area (Å²) in [5.41, 5.74) is 1.17. The van der Waals surface area contributed by atoms with Gasteiger partial charge < -0.3 is 4.42 Å². The molecule has 0 aliphatic carbocycles. The largest absolute Gasteiger partial charge is 0.426 e. The Bertz CT molecular complexity index is 398. The van der Waals surface area contributed by atoms with Crippen LogP contribution in [0.25, 0.3) is 0 Å². The lowest BCUT2D eigenvalue weighted by atomic mass is 10.4. The van der Waals surface area contributed by atoms with Gasteiger partial charge in [-0.15, -0.1) is 21.5 Å². The molecule has 2 rings (SSSR count). The second kappa shape index (κ2) is 5.02. The van der Waals surface area contributed by atoms with Gasteiger partial charge in [-0.3, -0.25) is 0 Å². The third kappa shape index (κ3) is 3.79. The van der Waals surface area contributed by atoms with Crippen LogP contribution in [0.3, 0.4) is 0 Å². The van der Waals surface area contributed by atoms with E-state index in [-0.39, 0.29) is 0 Å². The number of aromatic nitrogens is 3. The fourth-order valence-corrected chi connectivity index (χ4v) is 1.85. The third-order valence-corrected chi connectivity index (χ3v) is 2.75. The second-order valence-corrected chi connectivity index (χ2v) is 4.62. The highest BCUT2D eigenvalue weighted by atomic mass is 32.1. The summed E-state index contributed by atoms with van der Waals surface area (Å²) < 4.78 is 4.86. The molecule has 15 heavy (non-hydrogen) atoms. The zero-order chi connectivity index (χ0) is 11.4. The molecule has 0 bridgehead atoms. The molecule has 0 unspecified atom stereocenters. The van der Waals surface area contributed by atoms with Crippen LogP contribution in [0.1, 0.15) is 27.4 Å². The Morgan fingerprint density at radius 1 is 0.933 bits per heavy atom. The molecule has 2 aromatic rings. The standard InChI is InChI=1S/C6H9NS.C4H6N2O/c1-4-5(2)8-6(3)7-4;1-3-5-6-4(2)7-3/h1-3H3;1-2H3. The molecular formula is C10H15N3OS. The van der Waals surface area contributed by atoms with E-state index >= 15 is 0 Å². The van der Waals surface area contributed by atoms with Gasteiger partial charge in [0.25, 0.3) is 0 Å². The molecule has 2 heterocycles. The van der Waals surface area contributed by atoms with Gasteiger partial charge in [-0.25, -0.2) is 4.98 Å². The van der Waals surface area contributed by atoms with Crippen LogP contribution >= 0.6 is 11.3 Å². The predicted molar refractivity (Wildman–Crippen MR) is 60.1 cm³/mol. The van der Waals surface area contributed by atoms with Crippen molar-refractivity contribution in [3.05, 3.63) is 27.4 Å². The van der Waals surface area contributed by atoms with Gasteiger partial charge in [-0.05, 0) is 20.8 Å². The van der Waals surface area contributed by atoms with Crippen molar-refractivity contribution in [1.82, 2.24) is 15.2 Å². The van der Waals surface area contributed by atoms with Crippen LogP contribution < -0.4 is 0 Å². The van der Waals surface area contributed by atoms with Crippen molar-refractivity contribution in [2.45, 2.75) is 34.6 Å². The van der Waals surface area contributed by atoms with Gasteiger partial charge in [-0.2, -0.15) is 0 Å². The van der Waals surface area contributed by atoms with Crippen molar-refractivity contribution in [2.24, 2.45) is 0 Å². The number of hydrogen-bond donors (Lipinski definition) is 0. The number of hydrogen-bond acceptors (Lipinski definition) is 5. The number of nitrogens with zero attached hydrogens (tertiary/aromatic N) is 3. The smallest absolute Gasteiger partial charge is 0.213 e. The van der Waals surface area contributed by atoms with Crippen molar-refractivity contribution in [3.63, 3.8) is 0 Å². The predicted octanol–water partition coefficient (Wildman–Crippen LogP) is 2.75. The third-order valence-electron chi connectivity index (χ3n) is 1.76. The van der Waals surface area contributed by atoms with Gasteiger partial charge in [0.15, 0.2) is 0 Å². The van der Waals surface area contributed by atoms with Crippen LogP contribution in [-0.2, 0) is 0 Å². The maximum atomic E-state index is 4.86. The zero-order valence-corrected chi connectivity index (χ0v) is 10.5. The van der Waals surface area contributed by atoms with E-state index in [1.54, 1.807) is 25.2 Å². The lowest BCUT2D eigenvalue weighted by Crippen LogP contribution is -1.71. The molecule has 0 aliphatic rings. The van der Waals surface area contributed by atoms with Crippen molar-refractivity contribution in [2.75, 3.05) is 0 Å². The molecule has 0 saturated heterocycles. The molecule has 0 aromatic carbocycles. The van der Waals surface area contributed by atoms with E-state index in [0.29, 0.717) is 11.8 Å². The van der Waals surface area contributed by atoms with E-state index in [0.717, 1.165) is 0 Å². The first-order valence-electron chi connectivity index (χ1n) is 4.66. The first kappa shape index (κ1) is 11.8. The quantitative estimate of drug-likeness (QED) is 0.691. The fourth-order valence-electron chi connectivity index (χ4n) is 1.03. The summed E-state index contributed by atoms with van der Waals surface area (Å²) in [5, 5.41) is 8.37. The second-order valence-electron chi connectivity index (χ2n) is 3.21. The Morgan fingerprint density at radius 2 is 1.47 bits per heavy atom. The maximum absolute atomic E-state index is 4.86. The minimum atomic E-state index is 0.623. The number of rotatable bonds is 0. The molecule has 0 spiro atoms. The topological polar surface area (TPSA) is 51.8 Å². The minimum Gasteiger partial charge on any atom is -0.426 e. The van der Waals surface area contributed by atoms with E-state index in [1.165, 1.54) is 15.6 Å². The van der Waals surface area contributed by atoms with Crippen LogP contribution in [0.15, 0.2) is 4.42 Å². The van der Waals surface area contributed by atoms with Gasteiger partial charge in [-0.1, -0.05) is 0 Å². The van der Waals surface area contributed by atoms with Gasteiger partial charge in [0.2, 0.25) is 11.8 Å². The maximum Gasteiger partial charge on any atom is 0.213 e. The fraction of sp³-hybridized carbons (Fsp3) is 0.500. The van der Waals surface area contributed by atoms with Crippen LogP contribution in [0.5, 0.6) is 0 Å². The molecule has 0 atom stereocenters. The highest BCUT2D eigenvalue weighted by Crippen LogP contribution is 2.14. The van der Waals surface area contributed by atoms with E-state index < -0.39 is 0 Å². The first-order valence-corrected chi connectivity index (χ1v) is 5.48.